The minimum atomic E-state index is -0.380. The maximum Gasteiger partial charge on any atom is 0.231 e. The third-order valence-corrected chi connectivity index (χ3v) is 4.19. The molecule has 0 aliphatic carbocycles. The molecule has 1 aromatic rings. The van der Waals surface area contributed by atoms with Gasteiger partial charge in [-0.2, -0.15) is 0 Å². The monoisotopic (exact) mass is 237 g/mol. The molecule has 1 fully saturated rings. The van der Waals surface area contributed by atoms with Crippen molar-refractivity contribution in [1.29, 1.82) is 5.41 Å². The smallest absolute Gasteiger partial charge is 0.231 e. The van der Waals surface area contributed by atoms with Gasteiger partial charge < -0.3 is 5.32 Å². The van der Waals surface area contributed by atoms with E-state index in [0.717, 1.165) is 11.3 Å². The molecule has 16 heavy (non-hydrogen) atoms. The fourth-order valence-electron chi connectivity index (χ4n) is 1.94. The predicted octanol–water partition coefficient (Wildman–Crippen LogP) is 1.74. The molecule has 1 aliphatic rings. The van der Waals surface area contributed by atoms with Crippen molar-refractivity contribution in [2.75, 3.05) is 7.05 Å². The van der Waals surface area contributed by atoms with Crippen LogP contribution in [0.2, 0.25) is 0 Å². The maximum atomic E-state index is 11.8. The fourth-order valence-corrected chi connectivity index (χ4v) is 2.90. The molecule has 2 rings (SSSR count). The Morgan fingerprint density at radius 1 is 1.69 bits per heavy atom. The van der Waals surface area contributed by atoms with Gasteiger partial charge in [-0.1, -0.05) is 13.0 Å². The van der Waals surface area contributed by atoms with Crippen LogP contribution in [0, 0.1) is 5.41 Å². The number of thiophene rings is 1. The van der Waals surface area contributed by atoms with Crippen LogP contribution < -0.4 is 5.32 Å². The molecule has 1 aliphatic heterocycles. The third kappa shape index (κ3) is 1.61. The highest BCUT2D eigenvalue weighted by Crippen LogP contribution is 2.34. The average Bonchev–Trinajstić information content (AvgIpc) is 2.79. The molecule has 0 unspecified atom stereocenters. The highest BCUT2D eigenvalue weighted by Gasteiger charge is 2.40. The van der Waals surface area contributed by atoms with Crippen LogP contribution in [0.3, 0.4) is 0 Å². The molecular weight excluding hydrogens is 222 g/mol. The van der Waals surface area contributed by atoms with Crippen molar-refractivity contribution in [2.24, 2.45) is 0 Å². The minimum absolute atomic E-state index is 0.000926. The summed E-state index contributed by atoms with van der Waals surface area (Å²) < 4.78 is 0. The van der Waals surface area contributed by atoms with E-state index in [9.17, 15) is 4.79 Å². The van der Waals surface area contributed by atoms with Crippen LogP contribution in [0.1, 0.15) is 24.6 Å². The van der Waals surface area contributed by atoms with Gasteiger partial charge in [-0.25, -0.2) is 0 Å². The fraction of sp³-hybridized carbons (Fsp3) is 0.455. The summed E-state index contributed by atoms with van der Waals surface area (Å²) >= 11 is 1.63. The van der Waals surface area contributed by atoms with Crippen LogP contribution in [-0.4, -0.2) is 23.8 Å². The third-order valence-electron chi connectivity index (χ3n) is 3.12. The van der Waals surface area contributed by atoms with Gasteiger partial charge in [-0.3, -0.25) is 15.1 Å². The number of carbonyl (C=O) groups is 1. The van der Waals surface area contributed by atoms with Gasteiger partial charge in [-0.05, 0) is 17.9 Å². The standard InChI is InChI=1S/C11H15N3OS/c1-3-11(8-5-4-6-16-8)7-9(15)14(2)10(12)13-11/h4-6H,3,7H2,1-2H3,(H2,12,13)/t11-/m0/s1. The van der Waals surface area contributed by atoms with Crippen LogP contribution in [0.15, 0.2) is 17.5 Å². The Balaban J connectivity index is 2.37. The van der Waals surface area contributed by atoms with Crippen molar-refractivity contribution in [1.82, 2.24) is 10.2 Å². The van der Waals surface area contributed by atoms with Gasteiger partial charge >= 0.3 is 0 Å². The molecule has 0 bridgehead atoms. The summed E-state index contributed by atoms with van der Waals surface area (Å²) in [4.78, 5) is 14.3. The minimum Gasteiger partial charge on any atom is -0.345 e. The van der Waals surface area contributed by atoms with Gasteiger partial charge in [-0.15, -0.1) is 11.3 Å². The van der Waals surface area contributed by atoms with E-state index < -0.39 is 0 Å². The predicted molar refractivity (Wildman–Crippen MR) is 64.5 cm³/mol. The molecule has 1 aromatic heterocycles. The van der Waals surface area contributed by atoms with Gasteiger partial charge in [0.25, 0.3) is 0 Å². The van der Waals surface area contributed by atoms with Gasteiger partial charge in [0, 0.05) is 11.9 Å². The molecule has 0 radical (unpaired) electrons. The van der Waals surface area contributed by atoms with E-state index in [-0.39, 0.29) is 17.4 Å². The average molecular weight is 237 g/mol. The molecule has 2 heterocycles. The summed E-state index contributed by atoms with van der Waals surface area (Å²) in [6.07, 6.45) is 1.22. The molecule has 1 saturated heterocycles. The zero-order valence-corrected chi connectivity index (χ0v) is 10.2. The Morgan fingerprint density at radius 2 is 2.44 bits per heavy atom. The lowest BCUT2D eigenvalue weighted by molar-refractivity contribution is -0.129. The first kappa shape index (κ1) is 11.1. The van der Waals surface area contributed by atoms with Crippen LogP contribution in [-0.2, 0) is 10.3 Å². The van der Waals surface area contributed by atoms with Crippen molar-refractivity contribution >= 4 is 23.2 Å². The lowest BCUT2D eigenvalue weighted by Crippen LogP contribution is -2.58. The molecular formula is C11H15N3OS. The zero-order chi connectivity index (χ0) is 11.8. The molecule has 1 atom stereocenters. The second-order valence-electron chi connectivity index (χ2n) is 4.02. The first-order chi connectivity index (χ1) is 7.59. The number of rotatable bonds is 2. The second kappa shape index (κ2) is 3.90. The molecule has 2 N–H and O–H groups in total. The lowest BCUT2D eigenvalue weighted by atomic mass is 9.88. The van der Waals surface area contributed by atoms with Gasteiger partial charge in [0.2, 0.25) is 5.91 Å². The Bertz CT molecular complexity index is 395. The highest BCUT2D eigenvalue weighted by atomic mass is 32.1. The molecule has 4 nitrogen and oxygen atoms in total. The van der Waals surface area contributed by atoms with Gasteiger partial charge in [0.15, 0.2) is 5.96 Å². The summed E-state index contributed by atoms with van der Waals surface area (Å²) in [5.74, 6) is 0.186. The SMILES string of the molecule is CC[C@@]1(c2cccs2)CC(=O)N(C)C(=N)N1. The van der Waals surface area contributed by atoms with E-state index in [1.54, 1.807) is 18.4 Å². The first-order valence-corrected chi connectivity index (χ1v) is 6.14. The highest BCUT2D eigenvalue weighted by molar-refractivity contribution is 7.10. The van der Waals surface area contributed by atoms with Crippen LogP contribution in [0.5, 0.6) is 0 Å². The van der Waals surface area contributed by atoms with Crippen molar-refractivity contribution in [3.63, 3.8) is 0 Å². The zero-order valence-electron chi connectivity index (χ0n) is 9.41. The molecule has 1 amide bonds. The summed E-state index contributed by atoms with van der Waals surface area (Å²) in [6.45, 7) is 2.04. The Kier molecular flexibility index (Phi) is 2.71. The van der Waals surface area contributed by atoms with Gasteiger partial charge in [0.1, 0.15) is 0 Å². The van der Waals surface area contributed by atoms with Crippen LogP contribution in [0.25, 0.3) is 0 Å². The van der Waals surface area contributed by atoms with E-state index in [1.807, 2.05) is 24.4 Å². The number of nitrogens with zero attached hydrogens (tertiary/aromatic N) is 1. The van der Waals surface area contributed by atoms with Crippen molar-refractivity contribution in [2.45, 2.75) is 25.3 Å². The topological polar surface area (TPSA) is 56.2 Å². The molecule has 5 heteroatoms. The van der Waals surface area contributed by atoms with E-state index >= 15 is 0 Å². The Hall–Kier alpha value is -1.36. The first-order valence-electron chi connectivity index (χ1n) is 5.26. The molecule has 0 spiro atoms. The van der Waals surface area contributed by atoms with E-state index in [1.165, 1.54) is 4.90 Å². The normalized spacial score (nSPS) is 25.8. The maximum absolute atomic E-state index is 11.8. The summed E-state index contributed by atoms with van der Waals surface area (Å²) in [7, 11) is 1.63. The van der Waals surface area contributed by atoms with E-state index in [0.29, 0.717) is 6.42 Å². The number of guanidine groups is 1. The number of carbonyl (C=O) groups excluding carboxylic acids is 1. The van der Waals surface area contributed by atoms with E-state index in [4.69, 9.17) is 5.41 Å². The Labute approximate surface area is 98.8 Å². The number of hydrogen-bond donors (Lipinski definition) is 2. The second-order valence-corrected chi connectivity index (χ2v) is 4.96. The Morgan fingerprint density at radius 3 is 2.94 bits per heavy atom. The summed E-state index contributed by atoms with van der Waals surface area (Å²) in [5.41, 5.74) is -0.380. The summed E-state index contributed by atoms with van der Waals surface area (Å²) in [6, 6.07) is 4.00. The lowest BCUT2D eigenvalue weighted by Gasteiger charge is -2.40. The van der Waals surface area contributed by atoms with Crippen LogP contribution in [0.4, 0.5) is 0 Å². The largest absolute Gasteiger partial charge is 0.345 e. The summed E-state index contributed by atoms with van der Waals surface area (Å²) in [5, 5.41) is 12.9. The van der Waals surface area contributed by atoms with Crippen molar-refractivity contribution in [3.05, 3.63) is 22.4 Å². The van der Waals surface area contributed by atoms with Crippen LogP contribution >= 0.6 is 11.3 Å². The number of nitrogens with one attached hydrogen (secondary N) is 2. The van der Waals surface area contributed by atoms with Crippen molar-refractivity contribution in [3.8, 4) is 0 Å². The molecule has 86 valence electrons. The number of amides is 1. The molecule has 0 saturated carbocycles. The van der Waals surface area contributed by atoms with E-state index in [2.05, 4.69) is 5.32 Å². The number of hydrogen-bond acceptors (Lipinski definition) is 3. The quantitative estimate of drug-likeness (QED) is 0.823. The van der Waals surface area contributed by atoms with Crippen molar-refractivity contribution < 1.29 is 4.79 Å². The molecule has 0 aromatic carbocycles. The van der Waals surface area contributed by atoms with Gasteiger partial charge in [0.05, 0.1) is 12.0 Å².